The molecule has 1 rings (SSSR count). The molecule has 1 aromatic rings. The molecule has 0 aliphatic carbocycles. The maximum atomic E-state index is 12.4. The predicted octanol–water partition coefficient (Wildman–Crippen LogP) is 2.60. The second-order valence-corrected chi connectivity index (χ2v) is 2.94. The zero-order valence-corrected chi connectivity index (χ0v) is 8.41. The first-order valence-corrected chi connectivity index (χ1v) is 4.51. The molecule has 0 bridgehead atoms. The molecule has 0 aliphatic heterocycles. The van der Waals surface area contributed by atoms with Gasteiger partial charge >= 0.3 is 0 Å². The number of alkyl halides is 2. The lowest BCUT2D eigenvalue weighted by atomic mass is 10.1. The molecule has 0 aliphatic rings. The van der Waals surface area contributed by atoms with E-state index in [1.54, 1.807) is 18.2 Å². The molecular formula is C11H13F2NO. The minimum Gasteiger partial charge on any atom is -0.496 e. The van der Waals surface area contributed by atoms with Crippen molar-refractivity contribution in [2.24, 2.45) is 5.73 Å². The van der Waals surface area contributed by atoms with Crippen LogP contribution in [0.25, 0.3) is 6.08 Å². The third-order valence-electron chi connectivity index (χ3n) is 1.94. The van der Waals surface area contributed by atoms with E-state index in [1.807, 2.05) is 0 Å². The van der Waals surface area contributed by atoms with Gasteiger partial charge in [0.2, 0.25) is 0 Å². The van der Waals surface area contributed by atoms with Gasteiger partial charge in [0, 0.05) is 17.7 Å². The summed E-state index contributed by atoms with van der Waals surface area (Å²) in [5.41, 5.74) is 6.00. The van der Waals surface area contributed by atoms with E-state index in [9.17, 15) is 8.78 Å². The third-order valence-corrected chi connectivity index (χ3v) is 1.94. The van der Waals surface area contributed by atoms with Gasteiger partial charge in [-0.1, -0.05) is 24.3 Å². The molecule has 2 N–H and O–H groups in total. The van der Waals surface area contributed by atoms with Gasteiger partial charge in [-0.05, 0) is 6.07 Å². The first kappa shape index (κ1) is 11.7. The summed E-state index contributed by atoms with van der Waals surface area (Å²) in [5, 5.41) is 0. The highest BCUT2D eigenvalue weighted by Crippen LogP contribution is 2.27. The molecule has 0 aromatic heterocycles. The Bertz CT molecular complexity index is 350. The fraction of sp³-hybridized carbons (Fsp3) is 0.273. The Morgan fingerprint density at radius 1 is 1.47 bits per heavy atom. The molecule has 0 saturated heterocycles. The Balaban J connectivity index is 3.03. The van der Waals surface area contributed by atoms with Crippen LogP contribution in [0.2, 0.25) is 0 Å². The average Bonchev–Trinajstić information content (AvgIpc) is 2.25. The molecule has 82 valence electrons. The maximum absolute atomic E-state index is 12.4. The van der Waals surface area contributed by atoms with Crippen LogP contribution in [0.5, 0.6) is 5.75 Å². The first-order valence-electron chi connectivity index (χ1n) is 4.51. The first-order chi connectivity index (χ1) is 7.19. The molecule has 2 nitrogen and oxygen atoms in total. The quantitative estimate of drug-likeness (QED) is 0.834. The number of ether oxygens (including phenoxy) is 1. The van der Waals surface area contributed by atoms with Gasteiger partial charge in [0.05, 0.1) is 7.11 Å². The fourth-order valence-electron chi connectivity index (χ4n) is 1.20. The van der Waals surface area contributed by atoms with Crippen molar-refractivity contribution in [2.75, 3.05) is 13.7 Å². The normalized spacial score (nSPS) is 11.3. The highest BCUT2D eigenvalue weighted by atomic mass is 19.3. The predicted molar refractivity (Wildman–Crippen MR) is 56.0 cm³/mol. The SMILES string of the molecule is COc1cc(C(F)F)ccc1/C=C/CN. The Hall–Kier alpha value is -1.42. The van der Waals surface area contributed by atoms with E-state index < -0.39 is 6.43 Å². The lowest BCUT2D eigenvalue weighted by molar-refractivity contribution is 0.151. The number of methoxy groups -OCH3 is 1. The number of halogens is 2. The van der Waals surface area contributed by atoms with Crippen molar-refractivity contribution >= 4 is 6.08 Å². The van der Waals surface area contributed by atoms with E-state index in [-0.39, 0.29) is 5.56 Å². The monoisotopic (exact) mass is 213 g/mol. The smallest absolute Gasteiger partial charge is 0.263 e. The molecule has 0 spiro atoms. The van der Waals surface area contributed by atoms with Crippen molar-refractivity contribution in [1.29, 1.82) is 0 Å². The van der Waals surface area contributed by atoms with Crippen LogP contribution >= 0.6 is 0 Å². The molecule has 0 saturated carbocycles. The van der Waals surface area contributed by atoms with Crippen LogP contribution in [0.4, 0.5) is 8.78 Å². The summed E-state index contributed by atoms with van der Waals surface area (Å²) >= 11 is 0. The Morgan fingerprint density at radius 2 is 2.20 bits per heavy atom. The summed E-state index contributed by atoms with van der Waals surface area (Å²) < 4.78 is 29.8. The van der Waals surface area contributed by atoms with Gasteiger partial charge in [0.1, 0.15) is 5.75 Å². The molecule has 0 fully saturated rings. The summed E-state index contributed by atoms with van der Waals surface area (Å²) in [6.45, 7) is 0.403. The Kier molecular flexibility index (Phi) is 4.24. The van der Waals surface area contributed by atoms with E-state index in [1.165, 1.54) is 19.2 Å². The van der Waals surface area contributed by atoms with Crippen molar-refractivity contribution in [3.8, 4) is 5.75 Å². The number of hydrogen-bond acceptors (Lipinski definition) is 2. The molecule has 15 heavy (non-hydrogen) atoms. The van der Waals surface area contributed by atoms with Crippen LogP contribution in [-0.4, -0.2) is 13.7 Å². The van der Waals surface area contributed by atoms with Gasteiger partial charge in [-0.25, -0.2) is 8.78 Å². The highest BCUT2D eigenvalue weighted by Gasteiger charge is 2.09. The van der Waals surface area contributed by atoms with Crippen LogP contribution in [0.1, 0.15) is 17.6 Å². The molecule has 0 radical (unpaired) electrons. The van der Waals surface area contributed by atoms with Gasteiger partial charge in [0.25, 0.3) is 6.43 Å². The highest BCUT2D eigenvalue weighted by molar-refractivity contribution is 5.58. The summed E-state index contributed by atoms with van der Waals surface area (Å²) in [7, 11) is 1.45. The summed E-state index contributed by atoms with van der Waals surface area (Å²) in [6.07, 6.45) is 1.000. The molecule has 0 unspecified atom stereocenters. The van der Waals surface area contributed by atoms with E-state index in [4.69, 9.17) is 10.5 Å². The minimum absolute atomic E-state index is 0.0447. The molecule has 0 amide bonds. The van der Waals surface area contributed by atoms with Crippen molar-refractivity contribution < 1.29 is 13.5 Å². The lowest BCUT2D eigenvalue weighted by Gasteiger charge is -2.07. The van der Waals surface area contributed by atoms with Crippen molar-refractivity contribution in [3.63, 3.8) is 0 Å². The summed E-state index contributed by atoms with van der Waals surface area (Å²) in [6, 6.07) is 4.30. The second kappa shape index (κ2) is 5.46. The van der Waals surface area contributed by atoms with E-state index >= 15 is 0 Å². The van der Waals surface area contributed by atoms with Gasteiger partial charge < -0.3 is 10.5 Å². The van der Waals surface area contributed by atoms with Gasteiger partial charge in [-0.3, -0.25) is 0 Å². The van der Waals surface area contributed by atoms with E-state index in [0.29, 0.717) is 12.3 Å². The van der Waals surface area contributed by atoms with Crippen molar-refractivity contribution in [3.05, 3.63) is 35.4 Å². The van der Waals surface area contributed by atoms with Crippen molar-refractivity contribution in [2.45, 2.75) is 6.43 Å². The summed E-state index contributed by atoms with van der Waals surface area (Å²) in [4.78, 5) is 0. The zero-order valence-electron chi connectivity index (χ0n) is 8.41. The Morgan fingerprint density at radius 3 is 2.73 bits per heavy atom. The van der Waals surface area contributed by atoms with E-state index in [2.05, 4.69) is 0 Å². The topological polar surface area (TPSA) is 35.2 Å². The van der Waals surface area contributed by atoms with Crippen molar-refractivity contribution in [1.82, 2.24) is 0 Å². The average molecular weight is 213 g/mol. The molecule has 0 atom stereocenters. The molecule has 1 aromatic carbocycles. The van der Waals surface area contributed by atoms with Gasteiger partial charge in [-0.2, -0.15) is 0 Å². The fourth-order valence-corrected chi connectivity index (χ4v) is 1.20. The van der Waals surface area contributed by atoms with Gasteiger partial charge in [-0.15, -0.1) is 0 Å². The van der Waals surface area contributed by atoms with Gasteiger partial charge in [0.15, 0.2) is 0 Å². The third kappa shape index (κ3) is 3.02. The largest absolute Gasteiger partial charge is 0.496 e. The zero-order chi connectivity index (χ0) is 11.3. The van der Waals surface area contributed by atoms with Crippen LogP contribution in [0.15, 0.2) is 24.3 Å². The maximum Gasteiger partial charge on any atom is 0.263 e. The summed E-state index contributed by atoms with van der Waals surface area (Å²) in [5.74, 6) is 0.428. The minimum atomic E-state index is -2.48. The van der Waals surface area contributed by atoms with Crippen LogP contribution in [-0.2, 0) is 0 Å². The molecule has 0 heterocycles. The van der Waals surface area contributed by atoms with E-state index in [0.717, 1.165) is 5.56 Å². The number of rotatable bonds is 4. The van der Waals surface area contributed by atoms with Crippen LogP contribution in [0, 0.1) is 0 Å². The van der Waals surface area contributed by atoms with Crippen LogP contribution in [0.3, 0.4) is 0 Å². The number of hydrogen-bond donors (Lipinski definition) is 1. The standard InChI is InChI=1S/C11H13F2NO/c1-15-10-7-9(11(12)13)5-4-8(10)3-2-6-14/h2-5,7,11H,6,14H2,1H3/b3-2+. The molecular weight excluding hydrogens is 200 g/mol. The second-order valence-electron chi connectivity index (χ2n) is 2.94. The number of benzene rings is 1. The Labute approximate surface area is 87.4 Å². The number of nitrogens with two attached hydrogens (primary N) is 1. The van der Waals surface area contributed by atoms with Crippen LogP contribution < -0.4 is 10.5 Å². The molecule has 4 heteroatoms. The lowest BCUT2D eigenvalue weighted by Crippen LogP contribution is -1.94.